The number of pyridine rings is 1. The molecule has 0 radical (unpaired) electrons. The Labute approximate surface area is 104 Å². The maximum absolute atomic E-state index is 5.75. The molecule has 0 amide bonds. The molecule has 0 saturated heterocycles. The maximum Gasteiger partial charge on any atom is 0.224 e. The molecule has 0 saturated carbocycles. The van der Waals surface area contributed by atoms with Crippen molar-refractivity contribution < 1.29 is 0 Å². The maximum atomic E-state index is 5.75. The highest BCUT2D eigenvalue weighted by molar-refractivity contribution is 6.28. The third kappa shape index (κ3) is 2.82. The summed E-state index contributed by atoms with van der Waals surface area (Å²) in [5.74, 6) is 0.517. The molecule has 2 aromatic rings. The number of hydrogen-bond donors (Lipinski definition) is 2. The van der Waals surface area contributed by atoms with Gasteiger partial charge in [0.05, 0.1) is 23.6 Å². The third-order valence-corrected chi connectivity index (χ3v) is 2.45. The summed E-state index contributed by atoms with van der Waals surface area (Å²) in [5, 5.41) is 3.31. The third-order valence-electron chi connectivity index (χ3n) is 2.27. The SMILES string of the molecule is C[C@@H](Nc1nc(Cl)ncc1N)c1ccccn1. The van der Waals surface area contributed by atoms with Crippen molar-refractivity contribution in [2.24, 2.45) is 0 Å². The monoisotopic (exact) mass is 249 g/mol. The van der Waals surface area contributed by atoms with Crippen molar-refractivity contribution in [2.75, 3.05) is 11.1 Å². The largest absolute Gasteiger partial charge is 0.394 e. The van der Waals surface area contributed by atoms with Crippen LogP contribution in [0.2, 0.25) is 5.28 Å². The number of nitrogens with one attached hydrogen (secondary N) is 1. The van der Waals surface area contributed by atoms with E-state index < -0.39 is 0 Å². The van der Waals surface area contributed by atoms with Gasteiger partial charge in [-0.25, -0.2) is 4.98 Å². The molecule has 2 rings (SSSR count). The first kappa shape index (κ1) is 11.6. The number of nitrogen functional groups attached to an aromatic ring is 1. The Kier molecular flexibility index (Phi) is 3.39. The van der Waals surface area contributed by atoms with Crippen molar-refractivity contribution in [3.8, 4) is 0 Å². The van der Waals surface area contributed by atoms with Gasteiger partial charge in [-0.2, -0.15) is 4.98 Å². The van der Waals surface area contributed by atoms with Crippen LogP contribution in [-0.4, -0.2) is 15.0 Å². The second kappa shape index (κ2) is 4.97. The summed E-state index contributed by atoms with van der Waals surface area (Å²) in [4.78, 5) is 12.1. The highest BCUT2D eigenvalue weighted by Crippen LogP contribution is 2.21. The molecule has 0 spiro atoms. The standard InChI is InChI=1S/C11H12ClN5/c1-7(9-4-2-3-5-14-9)16-10-8(13)6-15-11(12)17-10/h2-7H,13H2,1H3,(H,15,16,17)/t7-/m1/s1. The molecule has 0 bridgehead atoms. The van der Waals surface area contributed by atoms with E-state index in [2.05, 4.69) is 20.3 Å². The first-order valence-corrected chi connectivity index (χ1v) is 5.50. The van der Waals surface area contributed by atoms with Crippen LogP contribution in [0.4, 0.5) is 11.5 Å². The van der Waals surface area contributed by atoms with E-state index in [9.17, 15) is 0 Å². The Morgan fingerprint density at radius 1 is 1.35 bits per heavy atom. The number of nitrogens with zero attached hydrogens (tertiary/aromatic N) is 3. The number of hydrogen-bond acceptors (Lipinski definition) is 5. The molecule has 0 aromatic carbocycles. The Morgan fingerprint density at radius 3 is 2.88 bits per heavy atom. The van der Waals surface area contributed by atoms with Crippen molar-refractivity contribution in [1.29, 1.82) is 0 Å². The van der Waals surface area contributed by atoms with Gasteiger partial charge in [0.1, 0.15) is 0 Å². The van der Waals surface area contributed by atoms with Gasteiger partial charge in [-0.3, -0.25) is 4.98 Å². The van der Waals surface area contributed by atoms with Gasteiger partial charge >= 0.3 is 0 Å². The molecule has 17 heavy (non-hydrogen) atoms. The van der Waals surface area contributed by atoms with E-state index >= 15 is 0 Å². The molecule has 3 N–H and O–H groups in total. The molecule has 0 aliphatic carbocycles. The molecular formula is C11H12ClN5. The summed E-state index contributed by atoms with van der Waals surface area (Å²) < 4.78 is 0. The molecule has 0 unspecified atom stereocenters. The molecule has 5 nitrogen and oxygen atoms in total. The molecule has 2 heterocycles. The Balaban J connectivity index is 2.18. The fourth-order valence-corrected chi connectivity index (χ4v) is 1.53. The highest BCUT2D eigenvalue weighted by atomic mass is 35.5. The summed E-state index contributed by atoms with van der Waals surface area (Å²) in [7, 11) is 0. The first-order valence-electron chi connectivity index (χ1n) is 5.12. The van der Waals surface area contributed by atoms with Crippen LogP contribution in [0.3, 0.4) is 0 Å². The van der Waals surface area contributed by atoms with Crippen molar-refractivity contribution in [3.05, 3.63) is 41.6 Å². The van der Waals surface area contributed by atoms with E-state index in [1.807, 2.05) is 25.1 Å². The van der Waals surface area contributed by atoms with Crippen LogP contribution in [0.25, 0.3) is 0 Å². The number of halogens is 1. The Hall–Kier alpha value is -1.88. The number of anilines is 2. The Bertz CT molecular complexity index is 502. The van der Waals surface area contributed by atoms with Crippen LogP contribution in [0.1, 0.15) is 18.7 Å². The number of rotatable bonds is 3. The molecule has 1 atom stereocenters. The lowest BCUT2D eigenvalue weighted by Crippen LogP contribution is -2.11. The highest BCUT2D eigenvalue weighted by Gasteiger charge is 2.09. The van der Waals surface area contributed by atoms with Gasteiger partial charge in [-0.05, 0) is 30.7 Å². The van der Waals surface area contributed by atoms with Crippen LogP contribution in [0.5, 0.6) is 0 Å². The molecule has 6 heteroatoms. The normalized spacial score (nSPS) is 12.1. The second-order valence-corrected chi connectivity index (χ2v) is 3.90. The molecule has 0 aliphatic heterocycles. The van der Waals surface area contributed by atoms with Gasteiger partial charge in [-0.1, -0.05) is 6.07 Å². The summed E-state index contributed by atoms with van der Waals surface area (Å²) >= 11 is 5.71. The lowest BCUT2D eigenvalue weighted by Gasteiger charge is -2.14. The van der Waals surface area contributed by atoms with Crippen LogP contribution < -0.4 is 11.1 Å². The van der Waals surface area contributed by atoms with Crippen LogP contribution in [0.15, 0.2) is 30.6 Å². The number of aromatic nitrogens is 3. The second-order valence-electron chi connectivity index (χ2n) is 3.56. The summed E-state index contributed by atoms with van der Waals surface area (Å²) in [6.45, 7) is 1.97. The van der Waals surface area contributed by atoms with Crippen molar-refractivity contribution in [1.82, 2.24) is 15.0 Å². The minimum absolute atomic E-state index is 0.00975. The van der Waals surface area contributed by atoms with E-state index in [0.29, 0.717) is 11.5 Å². The van der Waals surface area contributed by atoms with Gasteiger partial charge in [0.15, 0.2) is 5.82 Å². The zero-order chi connectivity index (χ0) is 12.3. The molecular weight excluding hydrogens is 238 g/mol. The molecule has 2 aromatic heterocycles. The van der Waals surface area contributed by atoms with Crippen molar-refractivity contribution >= 4 is 23.1 Å². The van der Waals surface area contributed by atoms with E-state index in [1.165, 1.54) is 6.20 Å². The van der Waals surface area contributed by atoms with Crippen molar-refractivity contribution in [2.45, 2.75) is 13.0 Å². The smallest absolute Gasteiger partial charge is 0.224 e. The van der Waals surface area contributed by atoms with Crippen LogP contribution in [-0.2, 0) is 0 Å². The summed E-state index contributed by atoms with van der Waals surface area (Å²) in [5.41, 5.74) is 7.11. The predicted octanol–water partition coefficient (Wildman–Crippen LogP) is 2.28. The summed E-state index contributed by atoms with van der Waals surface area (Å²) in [6.07, 6.45) is 3.21. The Morgan fingerprint density at radius 2 is 2.18 bits per heavy atom. The van der Waals surface area contributed by atoms with E-state index in [0.717, 1.165) is 5.69 Å². The molecule has 0 fully saturated rings. The zero-order valence-electron chi connectivity index (χ0n) is 9.26. The predicted molar refractivity (Wildman–Crippen MR) is 67.7 cm³/mol. The average molecular weight is 250 g/mol. The fourth-order valence-electron chi connectivity index (χ4n) is 1.40. The fraction of sp³-hybridized carbons (Fsp3) is 0.182. The van der Waals surface area contributed by atoms with E-state index in [1.54, 1.807) is 6.20 Å². The molecule has 88 valence electrons. The lowest BCUT2D eigenvalue weighted by atomic mass is 10.2. The quantitative estimate of drug-likeness (QED) is 0.816. The number of nitrogens with two attached hydrogens (primary N) is 1. The summed E-state index contributed by atoms with van der Waals surface area (Å²) in [6, 6.07) is 5.71. The first-order chi connectivity index (χ1) is 8.16. The van der Waals surface area contributed by atoms with Gasteiger partial charge in [-0.15, -0.1) is 0 Å². The van der Waals surface area contributed by atoms with Gasteiger partial charge < -0.3 is 11.1 Å². The van der Waals surface area contributed by atoms with Crippen LogP contribution in [0, 0.1) is 0 Å². The van der Waals surface area contributed by atoms with Crippen LogP contribution >= 0.6 is 11.6 Å². The average Bonchev–Trinajstić information content (AvgIpc) is 2.35. The van der Waals surface area contributed by atoms with Crippen molar-refractivity contribution in [3.63, 3.8) is 0 Å². The zero-order valence-corrected chi connectivity index (χ0v) is 10.0. The molecule has 0 aliphatic rings. The topological polar surface area (TPSA) is 76.7 Å². The van der Waals surface area contributed by atoms with Gasteiger partial charge in [0.25, 0.3) is 0 Å². The minimum Gasteiger partial charge on any atom is -0.394 e. The van der Waals surface area contributed by atoms with E-state index in [4.69, 9.17) is 17.3 Å². The minimum atomic E-state index is -0.00975. The lowest BCUT2D eigenvalue weighted by molar-refractivity contribution is 0.831. The van der Waals surface area contributed by atoms with Gasteiger partial charge in [0, 0.05) is 6.20 Å². The van der Waals surface area contributed by atoms with E-state index in [-0.39, 0.29) is 11.3 Å². The van der Waals surface area contributed by atoms with Gasteiger partial charge in [0.2, 0.25) is 5.28 Å².